The molecule has 240 valence electrons. The van der Waals surface area contributed by atoms with Gasteiger partial charge < -0.3 is 14.8 Å². The van der Waals surface area contributed by atoms with Gasteiger partial charge in [-0.3, -0.25) is 14.9 Å². The standard InChI is InChI=1S/C33H34F3N7O2S/c1-33(2,3)15-22(16-37)31(45)42-12-4-5-23(42)19-43-25-7-6-20(17-38-18-28(34)35)13-24(25)40-32(43)41-30(44)27-9-8-26(46-27)21-10-11-39-29(36)14-21/h6-11,13-15,23,28,38H,4-5,12,17-19H2,1-3H3,(H,40,41,44). The van der Waals surface area contributed by atoms with Gasteiger partial charge in [-0.05, 0) is 59.7 Å². The van der Waals surface area contributed by atoms with Crippen molar-refractivity contribution in [3.63, 3.8) is 0 Å². The smallest absolute Gasteiger partial charge is 0.268 e. The van der Waals surface area contributed by atoms with Crippen LogP contribution in [0.5, 0.6) is 0 Å². The van der Waals surface area contributed by atoms with Gasteiger partial charge >= 0.3 is 0 Å². The van der Waals surface area contributed by atoms with Crippen LogP contribution < -0.4 is 10.6 Å². The number of nitriles is 1. The van der Waals surface area contributed by atoms with Gasteiger partial charge in [0.25, 0.3) is 18.2 Å². The molecule has 1 fully saturated rings. The fraction of sp³-hybridized carbons (Fsp3) is 0.364. The molecule has 0 spiro atoms. The summed E-state index contributed by atoms with van der Waals surface area (Å²) in [5, 5.41) is 15.4. The average molecular weight is 650 g/mol. The Morgan fingerprint density at radius 3 is 2.72 bits per heavy atom. The molecule has 1 unspecified atom stereocenters. The third kappa shape index (κ3) is 7.81. The number of benzene rings is 1. The number of imidazole rings is 1. The van der Waals surface area contributed by atoms with Crippen LogP contribution in [0, 0.1) is 22.7 Å². The minimum atomic E-state index is -2.48. The molecular formula is C33H34F3N7O2S. The van der Waals surface area contributed by atoms with Crippen molar-refractivity contribution in [2.24, 2.45) is 5.41 Å². The van der Waals surface area contributed by atoms with Gasteiger partial charge in [0.1, 0.15) is 11.6 Å². The Kier molecular flexibility index (Phi) is 9.88. The number of nitrogens with one attached hydrogen (secondary N) is 2. The molecule has 13 heteroatoms. The van der Waals surface area contributed by atoms with E-state index >= 15 is 0 Å². The van der Waals surface area contributed by atoms with Crippen molar-refractivity contribution in [3.8, 4) is 16.5 Å². The number of thiophene rings is 1. The Balaban J connectivity index is 1.45. The monoisotopic (exact) mass is 649 g/mol. The van der Waals surface area contributed by atoms with E-state index in [0.29, 0.717) is 45.9 Å². The molecule has 1 saturated heterocycles. The van der Waals surface area contributed by atoms with Crippen LogP contribution >= 0.6 is 11.3 Å². The Bertz CT molecular complexity index is 1820. The molecule has 4 aromatic rings. The van der Waals surface area contributed by atoms with E-state index in [1.165, 1.54) is 23.6 Å². The van der Waals surface area contributed by atoms with Crippen molar-refractivity contribution < 1.29 is 22.8 Å². The van der Waals surface area contributed by atoms with E-state index in [-0.39, 0.29) is 35.4 Å². The molecule has 0 bridgehead atoms. The predicted molar refractivity (Wildman–Crippen MR) is 171 cm³/mol. The number of hydrogen-bond donors (Lipinski definition) is 2. The van der Waals surface area contributed by atoms with Crippen LogP contribution in [0.25, 0.3) is 21.5 Å². The molecule has 1 atom stereocenters. The fourth-order valence-corrected chi connectivity index (χ4v) is 6.36. The molecule has 1 aromatic carbocycles. The van der Waals surface area contributed by atoms with Gasteiger partial charge in [0.2, 0.25) is 11.9 Å². The number of rotatable bonds is 10. The second-order valence-corrected chi connectivity index (χ2v) is 13.3. The van der Waals surface area contributed by atoms with Gasteiger partial charge in [0, 0.05) is 36.8 Å². The summed E-state index contributed by atoms with van der Waals surface area (Å²) in [4.78, 5) is 38.0. The number of likely N-dealkylation sites (tertiary alicyclic amines) is 1. The van der Waals surface area contributed by atoms with E-state index < -0.39 is 24.8 Å². The number of carbonyl (C=O) groups is 2. The highest BCUT2D eigenvalue weighted by Crippen LogP contribution is 2.31. The molecule has 3 aromatic heterocycles. The molecular weight excluding hydrogens is 615 g/mol. The molecule has 0 aliphatic carbocycles. The van der Waals surface area contributed by atoms with Crippen molar-refractivity contribution in [3.05, 3.63) is 76.7 Å². The minimum Gasteiger partial charge on any atom is -0.333 e. The second kappa shape index (κ2) is 13.8. The summed E-state index contributed by atoms with van der Waals surface area (Å²) in [5.74, 6) is -1.11. The highest BCUT2D eigenvalue weighted by atomic mass is 32.1. The lowest BCUT2D eigenvalue weighted by Crippen LogP contribution is -2.39. The first kappa shape index (κ1) is 32.8. The van der Waals surface area contributed by atoms with E-state index in [1.807, 2.05) is 31.4 Å². The maximum Gasteiger partial charge on any atom is 0.268 e. The lowest BCUT2D eigenvalue weighted by atomic mass is 9.93. The number of anilines is 1. The Morgan fingerprint density at radius 1 is 1.20 bits per heavy atom. The molecule has 46 heavy (non-hydrogen) atoms. The van der Waals surface area contributed by atoms with Gasteiger partial charge in [-0.1, -0.05) is 32.9 Å². The largest absolute Gasteiger partial charge is 0.333 e. The molecule has 1 aliphatic heterocycles. The summed E-state index contributed by atoms with van der Waals surface area (Å²) in [6, 6.07) is 13.5. The predicted octanol–water partition coefficient (Wildman–Crippen LogP) is 6.39. The maximum absolute atomic E-state index is 13.7. The van der Waals surface area contributed by atoms with Crippen LogP contribution in [-0.2, 0) is 17.9 Å². The SMILES string of the molecule is CC(C)(C)C=C(C#N)C(=O)N1CCCC1Cn1c(NC(=O)c2ccc(-c3ccnc(F)c3)s2)nc2cc(CNCC(F)F)ccc21. The number of carbonyl (C=O) groups excluding carboxylic acids is 2. The number of nitrogens with zero attached hydrogens (tertiary/aromatic N) is 5. The highest BCUT2D eigenvalue weighted by molar-refractivity contribution is 7.17. The molecule has 9 nitrogen and oxygen atoms in total. The average Bonchev–Trinajstić information content (AvgIpc) is 3.75. The second-order valence-electron chi connectivity index (χ2n) is 12.2. The maximum atomic E-state index is 13.7. The quantitative estimate of drug-likeness (QED) is 0.117. The lowest BCUT2D eigenvalue weighted by molar-refractivity contribution is -0.127. The van der Waals surface area contributed by atoms with Crippen molar-refractivity contribution in [2.45, 2.75) is 59.2 Å². The molecule has 2 amide bonds. The molecule has 5 rings (SSSR count). The Morgan fingerprint density at radius 2 is 2.00 bits per heavy atom. The summed E-state index contributed by atoms with van der Waals surface area (Å²) in [7, 11) is 0. The zero-order valence-electron chi connectivity index (χ0n) is 25.7. The third-order valence-electron chi connectivity index (χ3n) is 7.47. The van der Waals surface area contributed by atoms with Crippen molar-refractivity contribution in [2.75, 3.05) is 18.4 Å². The van der Waals surface area contributed by atoms with E-state index in [0.717, 1.165) is 12.0 Å². The van der Waals surface area contributed by atoms with Crippen LogP contribution in [0.1, 0.15) is 48.8 Å². The molecule has 0 saturated carbocycles. The minimum absolute atomic E-state index is 0.0898. The van der Waals surface area contributed by atoms with Crippen LogP contribution in [0.2, 0.25) is 0 Å². The number of alkyl halides is 2. The van der Waals surface area contributed by atoms with E-state index in [4.69, 9.17) is 4.98 Å². The first-order valence-electron chi connectivity index (χ1n) is 14.9. The van der Waals surface area contributed by atoms with E-state index in [9.17, 15) is 28.0 Å². The number of aromatic nitrogens is 3. The van der Waals surface area contributed by atoms with E-state index in [2.05, 4.69) is 21.7 Å². The van der Waals surface area contributed by atoms with Gasteiger partial charge in [0.15, 0.2) is 0 Å². The van der Waals surface area contributed by atoms with Crippen molar-refractivity contribution >= 4 is 40.1 Å². The Labute approximate surface area is 268 Å². The normalized spacial score (nSPS) is 15.5. The highest BCUT2D eigenvalue weighted by Gasteiger charge is 2.32. The summed E-state index contributed by atoms with van der Waals surface area (Å²) < 4.78 is 40.9. The van der Waals surface area contributed by atoms with Crippen LogP contribution in [0.3, 0.4) is 0 Å². The summed E-state index contributed by atoms with van der Waals surface area (Å²) in [5.41, 5.74) is 2.31. The number of hydrogen-bond acceptors (Lipinski definition) is 7. The van der Waals surface area contributed by atoms with Crippen LogP contribution in [0.4, 0.5) is 19.1 Å². The number of halogens is 3. The van der Waals surface area contributed by atoms with Crippen molar-refractivity contribution in [1.29, 1.82) is 5.26 Å². The van der Waals surface area contributed by atoms with Gasteiger partial charge in [-0.25, -0.2) is 18.7 Å². The van der Waals surface area contributed by atoms with Crippen molar-refractivity contribution in [1.82, 2.24) is 24.8 Å². The summed E-state index contributed by atoms with van der Waals surface area (Å²) >= 11 is 1.19. The number of allylic oxidation sites excluding steroid dienone is 1. The van der Waals surface area contributed by atoms with Crippen LogP contribution in [0.15, 0.2) is 60.3 Å². The van der Waals surface area contributed by atoms with Crippen LogP contribution in [-0.4, -0.2) is 56.8 Å². The zero-order chi connectivity index (χ0) is 33.0. The van der Waals surface area contributed by atoms with Gasteiger partial charge in [-0.15, -0.1) is 11.3 Å². The molecule has 4 heterocycles. The summed E-state index contributed by atoms with van der Waals surface area (Å²) in [6.45, 7) is 6.35. The Hall–Kier alpha value is -4.54. The molecule has 0 radical (unpaired) electrons. The first-order valence-corrected chi connectivity index (χ1v) is 15.7. The molecule has 2 N–H and O–H groups in total. The van der Waals surface area contributed by atoms with Gasteiger partial charge in [0.05, 0.1) is 28.5 Å². The summed E-state index contributed by atoms with van der Waals surface area (Å²) in [6.07, 6.45) is 2.02. The third-order valence-corrected chi connectivity index (χ3v) is 8.60. The van der Waals surface area contributed by atoms with Gasteiger partial charge in [-0.2, -0.15) is 9.65 Å². The number of fused-ring (bicyclic) bond motifs is 1. The van der Waals surface area contributed by atoms with E-state index in [1.54, 1.807) is 41.3 Å². The topological polar surface area (TPSA) is 116 Å². The number of pyridine rings is 1. The zero-order valence-corrected chi connectivity index (χ0v) is 26.5. The number of amides is 2. The lowest BCUT2D eigenvalue weighted by Gasteiger charge is -2.26. The first-order chi connectivity index (χ1) is 21.9. The molecule has 1 aliphatic rings. The fourth-order valence-electron chi connectivity index (χ4n) is 5.46.